The summed E-state index contributed by atoms with van der Waals surface area (Å²) in [4.78, 5) is 76.0. The van der Waals surface area contributed by atoms with Crippen molar-refractivity contribution in [3.63, 3.8) is 0 Å². The highest BCUT2D eigenvalue weighted by Crippen LogP contribution is 2.41. The summed E-state index contributed by atoms with van der Waals surface area (Å²) >= 11 is 0. The number of nitrogens with one attached hydrogen (secondary N) is 3. The zero-order valence-corrected chi connectivity index (χ0v) is 38.5. The zero-order valence-electron chi connectivity index (χ0n) is 38.5. The minimum Gasteiger partial charge on any atom is -0.379 e. The van der Waals surface area contributed by atoms with Gasteiger partial charge < -0.3 is 41.0 Å². The fourth-order valence-electron chi connectivity index (χ4n) is 10.2. The average molecular weight is 860 g/mol. The van der Waals surface area contributed by atoms with Crippen LogP contribution in [0.4, 0.5) is 5.69 Å². The first-order valence-corrected chi connectivity index (χ1v) is 22.7. The number of hydrogen-bond acceptors (Lipinski definition) is 9. The van der Waals surface area contributed by atoms with Gasteiger partial charge in [0.15, 0.2) is 0 Å². The van der Waals surface area contributed by atoms with Crippen LogP contribution in [0, 0.1) is 23.7 Å². The molecule has 2 aromatic carbocycles. The van der Waals surface area contributed by atoms with Crippen LogP contribution < -0.4 is 21.7 Å². The van der Waals surface area contributed by atoms with Crippen molar-refractivity contribution in [3.8, 4) is 0 Å². The van der Waals surface area contributed by atoms with Crippen LogP contribution >= 0.6 is 0 Å². The van der Waals surface area contributed by atoms with E-state index in [1.54, 1.807) is 50.1 Å². The first-order valence-electron chi connectivity index (χ1n) is 22.7. The molecule has 0 aromatic heterocycles. The van der Waals surface area contributed by atoms with Crippen LogP contribution in [-0.2, 0) is 46.4 Å². The van der Waals surface area contributed by atoms with Gasteiger partial charge in [-0.15, -0.1) is 0 Å². The standard InChI is InChI=1S/C48H73N7O7/c1-10-30(4)42(54(7)48(60)41(29(2)3)52-47(59)43-34-20-23-36(26-34)53(43)6)39(61-8)27-40(56)55-24-14-17-38(55)44(62-9)31(5)45(57)51-37(25-32-15-12-11-13-16-32)46(58)50-35-21-18-33(28-49)19-22-35/h11-13,15-16,18-19,21-22,29-31,34,36-39,41-44H,10,14,17,20,23-28,49H2,1-9H3,(H,50,58)(H,51,57)(H,52,59)/t30-,31+,34-,36+,37-,38-,39+,41-,42-,43-,44+/m0/s1. The van der Waals surface area contributed by atoms with Gasteiger partial charge in [-0.05, 0) is 80.2 Å². The predicted molar refractivity (Wildman–Crippen MR) is 241 cm³/mol. The van der Waals surface area contributed by atoms with Gasteiger partial charge in [0.05, 0.1) is 42.7 Å². The number of amides is 5. The minimum absolute atomic E-state index is 0.0108. The number of nitrogens with two attached hydrogens (primary N) is 1. The number of hydrogen-bond donors (Lipinski definition) is 4. The number of likely N-dealkylation sites (tertiary alicyclic amines) is 2. The molecule has 5 rings (SSSR count). The van der Waals surface area contributed by atoms with Crippen molar-refractivity contribution in [1.82, 2.24) is 25.3 Å². The first-order chi connectivity index (χ1) is 29.6. The number of anilines is 1. The lowest BCUT2D eigenvalue weighted by molar-refractivity contribution is -0.148. The van der Waals surface area contributed by atoms with Gasteiger partial charge in [0.2, 0.25) is 29.5 Å². The molecule has 14 heteroatoms. The third-order valence-corrected chi connectivity index (χ3v) is 14.0. The smallest absolute Gasteiger partial charge is 0.247 e. The van der Waals surface area contributed by atoms with E-state index in [-0.39, 0.29) is 60.3 Å². The van der Waals surface area contributed by atoms with Crippen molar-refractivity contribution in [2.75, 3.05) is 40.2 Å². The number of benzene rings is 2. The average Bonchev–Trinajstić information content (AvgIpc) is 4.03. The number of carbonyl (C=O) groups is 5. The summed E-state index contributed by atoms with van der Waals surface area (Å²) in [5, 5.41) is 9.08. The van der Waals surface area contributed by atoms with Gasteiger partial charge in [-0.2, -0.15) is 0 Å². The highest BCUT2D eigenvalue weighted by molar-refractivity contribution is 5.97. The third kappa shape index (κ3) is 11.4. The van der Waals surface area contributed by atoms with E-state index in [9.17, 15) is 24.0 Å². The number of carbonyl (C=O) groups excluding carboxylic acids is 5. The number of likely N-dealkylation sites (N-methyl/N-ethyl adjacent to an activating group) is 2. The van der Waals surface area contributed by atoms with Crippen LogP contribution in [0.3, 0.4) is 0 Å². The number of rotatable bonds is 21. The van der Waals surface area contributed by atoms with Gasteiger partial charge in [-0.1, -0.05) is 83.5 Å². The van der Waals surface area contributed by atoms with Gasteiger partial charge in [0.1, 0.15) is 12.1 Å². The lowest BCUT2D eigenvalue weighted by Gasteiger charge is -2.41. The topological polar surface area (TPSA) is 176 Å². The first kappa shape index (κ1) is 48.7. The maximum atomic E-state index is 14.4. The maximum Gasteiger partial charge on any atom is 0.247 e. The molecule has 1 aliphatic carbocycles. The van der Waals surface area contributed by atoms with Gasteiger partial charge >= 0.3 is 0 Å². The Bertz CT molecular complexity index is 1810. The molecule has 11 atom stereocenters. The van der Waals surface area contributed by atoms with E-state index < -0.39 is 42.3 Å². The second-order valence-corrected chi connectivity index (χ2v) is 18.3. The molecule has 2 aliphatic heterocycles. The highest BCUT2D eigenvalue weighted by Gasteiger charge is 2.49. The number of piperidine rings is 1. The Morgan fingerprint density at radius 3 is 2.16 bits per heavy atom. The second-order valence-electron chi connectivity index (χ2n) is 18.3. The van der Waals surface area contributed by atoms with E-state index in [1.165, 1.54) is 0 Å². The van der Waals surface area contributed by atoms with Gasteiger partial charge in [-0.25, -0.2) is 0 Å². The summed E-state index contributed by atoms with van der Waals surface area (Å²) < 4.78 is 12.1. The van der Waals surface area contributed by atoms with E-state index in [1.807, 2.05) is 63.4 Å². The zero-order chi connectivity index (χ0) is 45.2. The molecule has 2 bridgehead atoms. The van der Waals surface area contributed by atoms with Crippen LogP contribution in [-0.4, -0.2) is 128 Å². The summed E-state index contributed by atoms with van der Waals surface area (Å²) in [6.45, 7) is 10.6. The Hall–Kier alpha value is -4.37. The van der Waals surface area contributed by atoms with Crippen molar-refractivity contribution in [2.24, 2.45) is 29.4 Å². The number of methoxy groups -OCH3 is 2. The lowest BCUT2D eigenvalue weighted by atomic mass is 9.89. The van der Waals surface area contributed by atoms with E-state index in [4.69, 9.17) is 15.2 Å². The van der Waals surface area contributed by atoms with Crippen molar-refractivity contribution in [2.45, 2.75) is 141 Å². The van der Waals surface area contributed by atoms with E-state index in [0.717, 1.165) is 43.2 Å². The van der Waals surface area contributed by atoms with Gasteiger partial charge in [-0.3, -0.25) is 28.9 Å². The van der Waals surface area contributed by atoms with Crippen LogP contribution in [0.2, 0.25) is 0 Å². The van der Waals surface area contributed by atoms with Crippen LogP contribution in [0.1, 0.15) is 90.7 Å². The number of fused-ring (bicyclic) bond motifs is 2. The number of ether oxygens (including phenoxy) is 2. The molecule has 5 amide bonds. The predicted octanol–water partition coefficient (Wildman–Crippen LogP) is 4.36. The van der Waals surface area contributed by atoms with Crippen LogP contribution in [0.5, 0.6) is 0 Å². The van der Waals surface area contributed by atoms with E-state index in [2.05, 4.69) is 34.7 Å². The summed E-state index contributed by atoms with van der Waals surface area (Å²) in [5.41, 5.74) is 8.17. The van der Waals surface area contributed by atoms with Crippen LogP contribution in [0.25, 0.3) is 0 Å². The molecule has 2 saturated heterocycles. The molecule has 3 aliphatic rings. The second kappa shape index (κ2) is 22.3. The molecule has 342 valence electrons. The molecule has 3 fully saturated rings. The van der Waals surface area contributed by atoms with E-state index >= 15 is 0 Å². The van der Waals surface area contributed by atoms with Crippen molar-refractivity contribution >= 4 is 35.2 Å². The summed E-state index contributed by atoms with van der Waals surface area (Å²) in [7, 11) is 6.88. The molecule has 2 heterocycles. The largest absolute Gasteiger partial charge is 0.379 e. The quantitative estimate of drug-likeness (QED) is 0.142. The lowest BCUT2D eigenvalue weighted by Crippen LogP contribution is -2.60. The Morgan fingerprint density at radius 1 is 0.887 bits per heavy atom. The molecule has 62 heavy (non-hydrogen) atoms. The molecular weight excluding hydrogens is 787 g/mol. The fourth-order valence-corrected chi connectivity index (χ4v) is 10.2. The molecule has 0 radical (unpaired) electrons. The molecule has 5 N–H and O–H groups in total. The summed E-state index contributed by atoms with van der Waals surface area (Å²) in [5.74, 6) is -1.79. The molecule has 2 aromatic rings. The normalized spacial score (nSPS) is 23.2. The third-order valence-electron chi connectivity index (χ3n) is 14.0. The SMILES string of the molecule is CC[C@H](C)[C@@H]([C@@H](CC(=O)N1CCC[C@H]1[C@H](OC)[C@@H](C)C(=O)N[C@@H](Cc1ccccc1)C(=O)Nc1ccc(CN)cc1)OC)N(C)C(=O)[C@@H](NC(=O)[C@@H]1[C@H]2CC[C@H](C2)N1C)C(C)C. The highest BCUT2D eigenvalue weighted by atomic mass is 16.5. The van der Waals surface area contributed by atoms with Crippen molar-refractivity contribution in [3.05, 3.63) is 65.7 Å². The molecule has 14 nitrogen and oxygen atoms in total. The van der Waals surface area contributed by atoms with E-state index in [0.29, 0.717) is 37.2 Å². The minimum atomic E-state index is -0.886. The van der Waals surface area contributed by atoms with Crippen molar-refractivity contribution in [1.29, 1.82) is 0 Å². The Morgan fingerprint density at radius 2 is 1.58 bits per heavy atom. The summed E-state index contributed by atoms with van der Waals surface area (Å²) in [6, 6.07) is 14.5. The Labute approximate surface area is 369 Å². The molecule has 0 unspecified atom stereocenters. The number of nitrogens with zero attached hydrogens (tertiary/aromatic N) is 3. The monoisotopic (exact) mass is 860 g/mol. The fraction of sp³-hybridized carbons (Fsp3) is 0.646. The molecular formula is C48H73N7O7. The molecule has 1 saturated carbocycles. The Balaban J connectivity index is 1.27. The van der Waals surface area contributed by atoms with Crippen LogP contribution in [0.15, 0.2) is 54.6 Å². The Kier molecular flexibility index (Phi) is 17.5. The maximum absolute atomic E-state index is 14.4. The molecule has 0 spiro atoms. The van der Waals surface area contributed by atoms with Crippen molar-refractivity contribution < 1.29 is 33.4 Å². The van der Waals surface area contributed by atoms with Gasteiger partial charge in [0.25, 0.3) is 0 Å². The van der Waals surface area contributed by atoms with Gasteiger partial charge in [0, 0.05) is 52.5 Å². The summed E-state index contributed by atoms with van der Waals surface area (Å²) in [6.07, 6.45) is 4.23.